The van der Waals surface area contributed by atoms with Crippen molar-refractivity contribution in [3.05, 3.63) is 58.1 Å². The Kier molecular flexibility index (Phi) is 4.40. The molecule has 4 N–H and O–H groups in total. The number of rotatable bonds is 3. The van der Waals surface area contributed by atoms with Crippen molar-refractivity contribution < 1.29 is 13.6 Å². The molecular formula is C14H12ClF2N3O. The van der Waals surface area contributed by atoms with Gasteiger partial charge in [0.15, 0.2) is 11.6 Å². The number of carbonyl (C=O) groups is 1. The minimum atomic E-state index is -0.953. The summed E-state index contributed by atoms with van der Waals surface area (Å²) in [7, 11) is 0. The van der Waals surface area contributed by atoms with Crippen LogP contribution in [0.1, 0.15) is 15.9 Å². The molecule has 0 saturated heterocycles. The number of hydrogen-bond donors (Lipinski definition) is 3. The van der Waals surface area contributed by atoms with Gasteiger partial charge in [0.05, 0.1) is 0 Å². The van der Waals surface area contributed by atoms with Crippen molar-refractivity contribution >= 4 is 28.9 Å². The first-order valence-corrected chi connectivity index (χ1v) is 6.33. The van der Waals surface area contributed by atoms with E-state index < -0.39 is 23.2 Å². The Labute approximate surface area is 124 Å². The van der Waals surface area contributed by atoms with Crippen LogP contribution in [0.5, 0.6) is 0 Å². The van der Waals surface area contributed by atoms with Crippen LogP contribution in [0.3, 0.4) is 0 Å². The Morgan fingerprint density at radius 3 is 2.38 bits per heavy atom. The number of aryl methyl sites for hydroxylation is 1. The second-order valence-electron chi connectivity index (χ2n) is 4.37. The second kappa shape index (κ2) is 6.07. The predicted molar refractivity (Wildman–Crippen MR) is 78.3 cm³/mol. The lowest BCUT2D eigenvalue weighted by molar-refractivity contribution is 0.102. The van der Waals surface area contributed by atoms with E-state index in [9.17, 15) is 13.6 Å². The smallest absolute Gasteiger partial charge is 0.255 e. The first-order valence-electron chi connectivity index (χ1n) is 5.95. The van der Waals surface area contributed by atoms with E-state index in [0.717, 1.165) is 17.7 Å². The summed E-state index contributed by atoms with van der Waals surface area (Å²) in [6, 6.07) is 6.74. The molecule has 0 saturated carbocycles. The third-order valence-electron chi connectivity index (χ3n) is 2.90. The molecule has 7 heteroatoms. The first-order chi connectivity index (χ1) is 9.92. The van der Waals surface area contributed by atoms with Crippen molar-refractivity contribution in [3.8, 4) is 0 Å². The van der Waals surface area contributed by atoms with E-state index in [1.807, 2.05) is 5.43 Å². The normalized spacial score (nSPS) is 10.3. The van der Waals surface area contributed by atoms with E-state index in [4.69, 9.17) is 17.4 Å². The van der Waals surface area contributed by atoms with Gasteiger partial charge >= 0.3 is 0 Å². The number of hydrazine groups is 1. The van der Waals surface area contributed by atoms with Crippen LogP contribution >= 0.6 is 11.6 Å². The number of halogens is 3. The van der Waals surface area contributed by atoms with Gasteiger partial charge < -0.3 is 10.7 Å². The van der Waals surface area contributed by atoms with Gasteiger partial charge in [-0.15, -0.1) is 0 Å². The summed E-state index contributed by atoms with van der Waals surface area (Å²) in [6.45, 7) is 1.77. The molecule has 2 aromatic carbocycles. The quantitative estimate of drug-likeness (QED) is 0.600. The SMILES string of the molecule is Cc1ccc(Cl)cc1NC(=O)c1cc(F)c(NN)c(F)c1. The zero-order valence-electron chi connectivity index (χ0n) is 11.0. The number of amides is 1. The molecule has 0 radical (unpaired) electrons. The van der Waals surface area contributed by atoms with Crippen LogP contribution in [0.15, 0.2) is 30.3 Å². The molecule has 1 amide bonds. The Morgan fingerprint density at radius 2 is 1.81 bits per heavy atom. The summed E-state index contributed by atoms with van der Waals surface area (Å²) < 4.78 is 27.1. The molecule has 21 heavy (non-hydrogen) atoms. The van der Waals surface area contributed by atoms with E-state index in [1.54, 1.807) is 25.1 Å². The maximum absolute atomic E-state index is 13.6. The Bertz CT molecular complexity index is 684. The van der Waals surface area contributed by atoms with Crippen molar-refractivity contribution in [2.75, 3.05) is 10.7 Å². The molecule has 0 fully saturated rings. The first kappa shape index (κ1) is 15.2. The van der Waals surface area contributed by atoms with E-state index in [-0.39, 0.29) is 5.56 Å². The highest BCUT2D eigenvalue weighted by Gasteiger charge is 2.15. The molecule has 0 bridgehead atoms. The Hall–Kier alpha value is -2.18. The zero-order chi connectivity index (χ0) is 15.6. The fraction of sp³-hybridized carbons (Fsp3) is 0.0714. The molecule has 4 nitrogen and oxygen atoms in total. The highest BCUT2D eigenvalue weighted by atomic mass is 35.5. The van der Waals surface area contributed by atoms with Gasteiger partial charge in [0.1, 0.15) is 5.69 Å². The van der Waals surface area contributed by atoms with Crippen LogP contribution in [0.4, 0.5) is 20.2 Å². The van der Waals surface area contributed by atoms with Gasteiger partial charge in [0.25, 0.3) is 5.91 Å². The molecule has 0 aliphatic rings. The molecule has 110 valence electrons. The number of nitrogen functional groups attached to an aromatic ring is 1. The summed E-state index contributed by atoms with van der Waals surface area (Å²) in [5, 5.41) is 2.99. The largest absolute Gasteiger partial charge is 0.322 e. The van der Waals surface area contributed by atoms with Crippen molar-refractivity contribution in [2.45, 2.75) is 6.92 Å². The summed E-state index contributed by atoms with van der Waals surface area (Å²) >= 11 is 5.84. The number of nitrogens with two attached hydrogens (primary N) is 1. The maximum atomic E-state index is 13.6. The van der Waals surface area contributed by atoms with Crippen LogP contribution in [0.2, 0.25) is 5.02 Å². The fourth-order valence-electron chi connectivity index (χ4n) is 1.77. The van der Waals surface area contributed by atoms with Crippen molar-refractivity contribution in [1.82, 2.24) is 0 Å². The monoisotopic (exact) mass is 311 g/mol. The van der Waals surface area contributed by atoms with Crippen LogP contribution in [0.25, 0.3) is 0 Å². The van der Waals surface area contributed by atoms with Crippen LogP contribution in [-0.4, -0.2) is 5.91 Å². The molecule has 2 aromatic rings. The van der Waals surface area contributed by atoms with E-state index in [0.29, 0.717) is 10.7 Å². The lowest BCUT2D eigenvalue weighted by Crippen LogP contribution is -2.16. The second-order valence-corrected chi connectivity index (χ2v) is 4.81. The third-order valence-corrected chi connectivity index (χ3v) is 3.13. The number of benzene rings is 2. The van der Waals surface area contributed by atoms with Crippen molar-refractivity contribution in [2.24, 2.45) is 5.84 Å². The van der Waals surface area contributed by atoms with E-state index >= 15 is 0 Å². The summed E-state index contributed by atoms with van der Waals surface area (Å²) in [6.07, 6.45) is 0. The minimum absolute atomic E-state index is 0.164. The third kappa shape index (κ3) is 3.29. The fourth-order valence-corrected chi connectivity index (χ4v) is 1.94. The van der Waals surface area contributed by atoms with Gasteiger partial charge in [-0.3, -0.25) is 10.6 Å². The molecule has 0 aromatic heterocycles. The van der Waals surface area contributed by atoms with Crippen molar-refractivity contribution in [3.63, 3.8) is 0 Å². The minimum Gasteiger partial charge on any atom is -0.322 e. The Morgan fingerprint density at radius 1 is 1.19 bits per heavy atom. The predicted octanol–water partition coefficient (Wildman–Crippen LogP) is 3.46. The van der Waals surface area contributed by atoms with Gasteiger partial charge in [0, 0.05) is 16.3 Å². The molecule has 0 spiro atoms. The van der Waals surface area contributed by atoms with Gasteiger partial charge in [0.2, 0.25) is 0 Å². The topological polar surface area (TPSA) is 67.2 Å². The number of nitrogens with one attached hydrogen (secondary N) is 2. The maximum Gasteiger partial charge on any atom is 0.255 e. The molecule has 0 heterocycles. The number of hydrogen-bond acceptors (Lipinski definition) is 3. The molecule has 0 aliphatic heterocycles. The molecule has 0 atom stereocenters. The average Bonchev–Trinajstić information content (AvgIpc) is 2.42. The standard InChI is InChI=1S/C14H12ClF2N3O/c1-7-2-3-9(15)6-12(7)19-14(21)8-4-10(16)13(20-18)11(17)5-8/h2-6,20H,18H2,1H3,(H,19,21). The molecule has 0 aliphatic carbocycles. The summed E-state index contributed by atoms with van der Waals surface area (Å²) in [4.78, 5) is 12.0. The number of anilines is 2. The highest BCUT2D eigenvalue weighted by Crippen LogP contribution is 2.23. The van der Waals surface area contributed by atoms with Gasteiger partial charge in [-0.2, -0.15) is 0 Å². The van der Waals surface area contributed by atoms with E-state index in [1.165, 1.54) is 0 Å². The van der Waals surface area contributed by atoms with Gasteiger partial charge in [-0.1, -0.05) is 17.7 Å². The summed E-state index contributed by atoms with van der Waals surface area (Å²) in [5.41, 5.74) is 2.48. The molecular weight excluding hydrogens is 300 g/mol. The van der Waals surface area contributed by atoms with Crippen molar-refractivity contribution in [1.29, 1.82) is 0 Å². The molecule has 0 unspecified atom stereocenters. The lowest BCUT2D eigenvalue weighted by atomic mass is 10.1. The van der Waals surface area contributed by atoms with E-state index in [2.05, 4.69) is 5.32 Å². The van der Waals surface area contributed by atoms with Gasteiger partial charge in [-0.25, -0.2) is 8.78 Å². The highest BCUT2D eigenvalue weighted by molar-refractivity contribution is 6.31. The Balaban J connectivity index is 2.31. The van der Waals surface area contributed by atoms with Gasteiger partial charge in [-0.05, 0) is 36.8 Å². The van der Waals surface area contributed by atoms with Crippen LogP contribution in [-0.2, 0) is 0 Å². The average molecular weight is 312 g/mol. The van der Waals surface area contributed by atoms with Crippen LogP contribution in [0, 0.1) is 18.6 Å². The number of carbonyl (C=O) groups excluding carboxylic acids is 1. The zero-order valence-corrected chi connectivity index (χ0v) is 11.8. The molecule has 2 rings (SSSR count). The summed E-state index contributed by atoms with van der Waals surface area (Å²) in [5.74, 6) is 2.43. The van der Waals surface area contributed by atoms with Crippen LogP contribution < -0.4 is 16.6 Å². The lowest BCUT2D eigenvalue weighted by Gasteiger charge is -2.10.